The van der Waals surface area contributed by atoms with Crippen LogP contribution < -0.4 is 5.73 Å². The second-order valence-corrected chi connectivity index (χ2v) is 2.34. The smallest absolute Gasteiger partial charge is 0.0957 e. The number of nitrogens with zero attached hydrogens (tertiary/aromatic N) is 1. The Labute approximate surface area is 67.8 Å². The van der Waals surface area contributed by atoms with Crippen molar-refractivity contribution in [2.75, 3.05) is 0 Å². The standard InChI is InChI=1S/C9H14N2/c1-5-9(7(2)3)6-11-8(4)10/h5-6H,1-2H2,3-4H3,(H2,10,11)/b9-6+. The molecule has 0 atom stereocenters. The van der Waals surface area contributed by atoms with Gasteiger partial charge in [-0.1, -0.05) is 19.2 Å². The van der Waals surface area contributed by atoms with E-state index in [1.807, 2.05) is 6.92 Å². The number of rotatable bonds is 3. The van der Waals surface area contributed by atoms with Crippen LogP contribution in [0.1, 0.15) is 13.8 Å². The van der Waals surface area contributed by atoms with E-state index in [2.05, 4.69) is 18.2 Å². The van der Waals surface area contributed by atoms with E-state index in [1.165, 1.54) is 0 Å². The maximum atomic E-state index is 5.34. The zero-order chi connectivity index (χ0) is 8.85. The van der Waals surface area contributed by atoms with Gasteiger partial charge in [-0.15, -0.1) is 0 Å². The Bertz CT molecular complexity index is 218. The van der Waals surface area contributed by atoms with Crippen LogP contribution in [0.3, 0.4) is 0 Å². The summed E-state index contributed by atoms with van der Waals surface area (Å²) in [6.07, 6.45) is 3.36. The Balaban J connectivity index is 4.50. The molecule has 0 unspecified atom stereocenters. The molecule has 0 saturated heterocycles. The highest BCUT2D eigenvalue weighted by Gasteiger charge is 1.88. The van der Waals surface area contributed by atoms with Crippen molar-refractivity contribution in [3.63, 3.8) is 0 Å². The van der Waals surface area contributed by atoms with Gasteiger partial charge in [-0.3, -0.25) is 0 Å². The molecule has 2 heteroatoms. The van der Waals surface area contributed by atoms with Gasteiger partial charge in [-0.2, -0.15) is 0 Å². The third-order valence-electron chi connectivity index (χ3n) is 1.12. The minimum absolute atomic E-state index is 0.533. The van der Waals surface area contributed by atoms with Gasteiger partial charge in [0.25, 0.3) is 0 Å². The lowest BCUT2D eigenvalue weighted by atomic mass is 10.1. The summed E-state index contributed by atoms with van der Waals surface area (Å²) in [7, 11) is 0. The SMILES string of the molecule is C=C/C(=C\N=C(C)N)C(=C)C. The molecule has 2 nitrogen and oxygen atoms in total. The molecular weight excluding hydrogens is 136 g/mol. The number of hydrogen-bond acceptors (Lipinski definition) is 1. The number of hydrogen-bond donors (Lipinski definition) is 1. The molecule has 0 aromatic carbocycles. The number of nitrogens with two attached hydrogens (primary N) is 1. The highest BCUT2D eigenvalue weighted by atomic mass is 14.8. The van der Waals surface area contributed by atoms with Crippen LogP contribution in [0.4, 0.5) is 0 Å². The summed E-state index contributed by atoms with van der Waals surface area (Å²) < 4.78 is 0. The largest absolute Gasteiger partial charge is 0.387 e. The molecule has 0 aliphatic rings. The first-order valence-electron chi connectivity index (χ1n) is 3.36. The molecule has 0 saturated carbocycles. The van der Waals surface area contributed by atoms with Crippen molar-refractivity contribution >= 4 is 5.84 Å². The molecule has 60 valence electrons. The van der Waals surface area contributed by atoms with E-state index in [4.69, 9.17) is 5.73 Å². The van der Waals surface area contributed by atoms with Crippen LogP contribution in [0.15, 0.2) is 41.6 Å². The van der Waals surface area contributed by atoms with Crippen molar-refractivity contribution in [1.29, 1.82) is 0 Å². The van der Waals surface area contributed by atoms with Crippen LogP contribution in [0.2, 0.25) is 0 Å². The zero-order valence-electron chi connectivity index (χ0n) is 7.09. The average molecular weight is 150 g/mol. The average Bonchev–Trinajstić information content (AvgIpc) is 1.87. The maximum absolute atomic E-state index is 5.34. The second-order valence-electron chi connectivity index (χ2n) is 2.34. The van der Waals surface area contributed by atoms with Crippen molar-refractivity contribution in [1.82, 2.24) is 0 Å². The summed E-state index contributed by atoms with van der Waals surface area (Å²) in [5.41, 5.74) is 7.18. The molecule has 0 aromatic heterocycles. The first kappa shape index (κ1) is 9.69. The van der Waals surface area contributed by atoms with E-state index in [0.717, 1.165) is 11.1 Å². The van der Waals surface area contributed by atoms with Gasteiger partial charge in [-0.25, -0.2) is 4.99 Å². The topological polar surface area (TPSA) is 38.4 Å². The first-order valence-corrected chi connectivity index (χ1v) is 3.36. The monoisotopic (exact) mass is 150 g/mol. The van der Waals surface area contributed by atoms with Gasteiger partial charge in [0.05, 0.1) is 5.84 Å². The first-order chi connectivity index (χ1) is 5.07. The zero-order valence-corrected chi connectivity index (χ0v) is 7.09. The Morgan fingerprint density at radius 1 is 1.45 bits per heavy atom. The quantitative estimate of drug-likeness (QED) is 0.373. The van der Waals surface area contributed by atoms with E-state index < -0.39 is 0 Å². The summed E-state index contributed by atoms with van der Waals surface area (Å²) in [5, 5.41) is 0. The molecule has 0 rings (SSSR count). The van der Waals surface area contributed by atoms with Gasteiger partial charge < -0.3 is 5.73 Å². The predicted molar refractivity (Wildman–Crippen MR) is 50.4 cm³/mol. The molecule has 0 aliphatic carbocycles. The van der Waals surface area contributed by atoms with Crippen LogP contribution in [0, 0.1) is 0 Å². The van der Waals surface area contributed by atoms with E-state index in [1.54, 1.807) is 19.2 Å². The fourth-order valence-corrected chi connectivity index (χ4v) is 0.508. The fourth-order valence-electron chi connectivity index (χ4n) is 0.508. The lowest BCUT2D eigenvalue weighted by Gasteiger charge is -1.96. The molecule has 2 N–H and O–H groups in total. The van der Waals surface area contributed by atoms with E-state index in [-0.39, 0.29) is 0 Å². The van der Waals surface area contributed by atoms with Crippen LogP contribution in [0.5, 0.6) is 0 Å². The lowest BCUT2D eigenvalue weighted by Crippen LogP contribution is -2.03. The maximum Gasteiger partial charge on any atom is 0.0957 e. The van der Waals surface area contributed by atoms with Crippen LogP contribution in [-0.2, 0) is 0 Å². The minimum atomic E-state index is 0.533. The molecule has 0 spiro atoms. The van der Waals surface area contributed by atoms with Crippen LogP contribution >= 0.6 is 0 Å². The van der Waals surface area contributed by atoms with Crippen molar-refractivity contribution in [3.8, 4) is 0 Å². The van der Waals surface area contributed by atoms with Crippen molar-refractivity contribution in [2.45, 2.75) is 13.8 Å². The summed E-state index contributed by atoms with van der Waals surface area (Å²) >= 11 is 0. The number of allylic oxidation sites excluding steroid dienone is 3. The molecule has 0 fully saturated rings. The van der Waals surface area contributed by atoms with Crippen molar-refractivity contribution < 1.29 is 0 Å². The number of aliphatic imine (C=N–C) groups is 1. The van der Waals surface area contributed by atoms with Crippen molar-refractivity contribution in [2.24, 2.45) is 10.7 Å². The Morgan fingerprint density at radius 2 is 2.00 bits per heavy atom. The summed E-state index contributed by atoms with van der Waals surface area (Å²) in [6, 6.07) is 0. The van der Waals surface area contributed by atoms with Gasteiger partial charge in [0, 0.05) is 6.20 Å². The molecule has 0 heterocycles. The molecule has 0 amide bonds. The van der Waals surface area contributed by atoms with Crippen LogP contribution in [0.25, 0.3) is 0 Å². The van der Waals surface area contributed by atoms with E-state index in [0.29, 0.717) is 5.84 Å². The van der Waals surface area contributed by atoms with Gasteiger partial charge in [0.15, 0.2) is 0 Å². The van der Waals surface area contributed by atoms with Gasteiger partial charge in [0.1, 0.15) is 0 Å². The Morgan fingerprint density at radius 3 is 2.27 bits per heavy atom. The fraction of sp³-hybridized carbons (Fsp3) is 0.222. The molecule has 0 aromatic rings. The van der Waals surface area contributed by atoms with Crippen molar-refractivity contribution in [3.05, 3.63) is 36.6 Å². The Kier molecular flexibility index (Phi) is 3.96. The second kappa shape index (κ2) is 4.50. The van der Waals surface area contributed by atoms with Gasteiger partial charge >= 0.3 is 0 Å². The van der Waals surface area contributed by atoms with Gasteiger partial charge in [0.2, 0.25) is 0 Å². The normalized spacial score (nSPS) is 12.9. The summed E-state index contributed by atoms with van der Waals surface area (Å²) in [4.78, 5) is 3.92. The predicted octanol–water partition coefficient (Wildman–Crippen LogP) is 2.01. The summed E-state index contributed by atoms with van der Waals surface area (Å²) in [5.74, 6) is 0.533. The van der Waals surface area contributed by atoms with E-state index >= 15 is 0 Å². The van der Waals surface area contributed by atoms with E-state index in [9.17, 15) is 0 Å². The van der Waals surface area contributed by atoms with Crippen LogP contribution in [-0.4, -0.2) is 5.84 Å². The number of amidine groups is 1. The minimum Gasteiger partial charge on any atom is -0.387 e. The molecular formula is C9H14N2. The highest BCUT2D eigenvalue weighted by molar-refractivity contribution is 5.78. The molecule has 0 radical (unpaired) electrons. The lowest BCUT2D eigenvalue weighted by molar-refractivity contribution is 1.38. The third-order valence-corrected chi connectivity index (χ3v) is 1.12. The Hall–Kier alpha value is -1.31. The molecule has 0 bridgehead atoms. The van der Waals surface area contributed by atoms with Gasteiger partial charge in [-0.05, 0) is 25.0 Å². The molecule has 0 aliphatic heterocycles. The third kappa shape index (κ3) is 4.14. The molecule has 11 heavy (non-hydrogen) atoms. The highest BCUT2D eigenvalue weighted by Crippen LogP contribution is 2.06. The summed E-state index contributed by atoms with van der Waals surface area (Å²) in [6.45, 7) is 11.0.